The molecular formula is C16H19NO5. The summed E-state index contributed by atoms with van der Waals surface area (Å²) in [4.78, 5) is 35.3. The zero-order chi connectivity index (χ0) is 16.5. The van der Waals surface area contributed by atoms with E-state index < -0.39 is 23.9 Å². The van der Waals surface area contributed by atoms with E-state index in [-0.39, 0.29) is 11.1 Å². The summed E-state index contributed by atoms with van der Waals surface area (Å²) in [5.41, 5.74) is 0.520. The lowest BCUT2D eigenvalue weighted by Crippen LogP contribution is -2.41. The van der Waals surface area contributed by atoms with Crippen molar-refractivity contribution in [2.45, 2.75) is 18.9 Å². The summed E-state index contributed by atoms with van der Waals surface area (Å²) in [6, 6.07) is 5.29. The van der Waals surface area contributed by atoms with E-state index in [2.05, 4.69) is 21.4 Å². The second-order valence-corrected chi connectivity index (χ2v) is 4.49. The average molecular weight is 305 g/mol. The highest BCUT2D eigenvalue weighted by Gasteiger charge is 2.21. The predicted molar refractivity (Wildman–Crippen MR) is 80.5 cm³/mol. The van der Waals surface area contributed by atoms with E-state index in [1.54, 1.807) is 18.2 Å². The Morgan fingerprint density at radius 2 is 1.91 bits per heavy atom. The van der Waals surface area contributed by atoms with E-state index in [4.69, 9.17) is 0 Å². The molecule has 1 aromatic rings. The van der Waals surface area contributed by atoms with Crippen molar-refractivity contribution in [3.05, 3.63) is 48.0 Å². The molecule has 1 aromatic carbocycles. The Kier molecular flexibility index (Phi) is 6.82. The number of ether oxygens (including phenoxy) is 2. The molecule has 0 fully saturated rings. The second kappa shape index (κ2) is 8.61. The van der Waals surface area contributed by atoms with E-state index in [1.165, 1.54) is 26.4 Å². The molecule has 0 radical (unpaired) electrons. The minimum atomic E-state index is -0.766. The van der Waals surface area contributed by atoms with Crippen molar-refractivity contribution >= 4 is 17.8 Å². The van der Waals surface area contributed by atoms with E-state index in [1.807, 2.05) is 0 Å². The topological polar surface area (TPSA) is 81.7 Å². The number of hydrogen-bond donors (Lipinski definition) is 1. The number of benzene rings is 1. The number of carbonyl (C=O) groups excluding carboxylic acids is 3. The first-order chi connectivity index (χ1) is 10.5. The van der Waals surface area contributed by atoms with Crippen LogP contribution in [0.3, 0.4) is 0 Å². The minimum Gasteiger partial charge on any atom is -0.467 e. The van der Waals surface area contributed by atoms with Gasteiger partial charge in [0.2, 0.25) is 0 Å². The predicted octanol–water partition coefficient (Wildman–Crippen LogP) is 1.71. The maximum atomic E-state index is 12.2. The van der Waals surface area contributed by atoms with Gasteiger partial charge >= 0.3 is 11.9 Å². The van der Waals surface area contributed by atoms with E-state index in [0.29, 0.717) is 12.8 Å². The molecule has 0 spiro atoms. The fraction of sp³-hybridized carbons (Fsp3) is 0.312. The number of rotatable bonds is 7. The lowest BCUT2D eigenvalue weighted by molar-refractivity contribution is -0.143. The Morgan fingerprint density at radius 3 is 2.50 bits per heavy atom. The average Bonchev–Trinajstić information content (AvgIpc) is 2.56. The van der Waals surface area contributed by atoms with E-state index in [0.717, 1.165) is 0 Å². The number of carbonyl (C=O) groups is 3. The molecule has 0 saturated heterocycles. The Morgan fingerprint density at radius 1 is 1.23 bits per heavy atom. The first-order valence-electron chi connectivity index (χ1n) is 6.71. The summed E-state index contributed by atoms with van der Waals surface area (Å²) in [6.45, 7) is 3.58. The van der Waals surface area contributed by atoms with Crippen LogP contribution in [0.4, 0.5) is 0 Å². The third-order valence-corrected chi connectivity index (χ3v) is 3.00. The summed E-state index contributed by atoms with van der Waals surface area (Å²) < 4.78 is 9.27. The summed E-state index contributed by atoms with van der Waals surface area (Å²) in [6.07, 6.45) is 2.60. The van der Waals surface area contributed by atoms with E-state index >= 15 is 0 Å². The highest BCUT2D eigenvalue weighted by atomic mass is 16.5. The molecular weight excluding hydrogens is 286 g/mol. The molecule has 1 N–H and O–H groups in total. The zero-order valence-corrected chi connectivity index (χ0v) is 12.6. The maximum absolute atomic E-state index is 12.2. The van der Waals surface area contributed by atoms with Crippen molar-refractivity contribution in [2.75, 3.05) is 14.2 Å². The van der Waals surface area contributed by atoms with Crippen LogP contribution < -0.4 is 5.32 Å². The lowest BCUT2D eigenvalue weighted by atomic mass is 10.1. The second-order valence-electron chi connectivity index (χ2n) is 4.49. The zero-order valence-electron chi connectivity index (χ0n) is 12.6. The van der Waals surface area contributed by atoms with Gasteiger partial charge < -0.3 is 14.8 Å². The molecule has 0 aliphatic heterocycles. The maximum Gasteiger partial charge on any atom is 0.337 e. The van der Waals surface area contributed by atoms with Gasteiger partial charge in [0.25, 0.3) is 5.91 Å². The summed E-state index contributed by atoms with van der Waals surface area (Å²) in [7, 11) is 2.52. The lowest BCUT2D eigenvalue weighted by Gasteiger charge is -2.16. The molecule has 0 aliphatic rings. The van der Waals surface area contributed by atoms with Crippen LogP contribution >= 0.6 is 0 Å². The van der Waals surface area contributed by atoms with Gasteiger partial charge in [-0.1, -0.05) is 12.1 Å². The van der Waals surface area contributed by atoms with Gasteiger partial charge in [-0.15, -0.1) is 6.58 Å². The van der Waals surface area contributed by atoms with Crippen molar-refractivity contribution in [1.29, 1.82) is 0 Å². The van der Waals surface area contributed by atoms with Gasteiger partial charge in [0.05, 0.1) is 19.8 Å². The third-order valence-electron chi connectivity index (χ3n) is 3.00. The molecule has 0 unspecified atom stereocenters. The number of methoxy groups -OCH3 is 2. The summed E-state index contributed by atoms with van der Waals surface area (Å²) in [5.74, 6) is -1.53. The molecule has 0 saturated carbocycles. The Balaban J connectivity index is 2.87. The van der Waals surface area contributed by atoms with Gasteiger partial charge in [0.15, 0.2) is 0 Å². The number of allylic oxidation sites excluding steroid dienone is 1. The molecule has 0 heterocycles. The van der Waals surface area contributed by atoms with Crippen LogP contribution in [-0.2, 0) is 14.3 Å². The van der Waals surface area contributed by atoms with Crippen LogP contribution in [0.2, 0.25) is 0 Å². The molecule has 1 atom stereocenters. The van der Waals surface area contributed by atoms with Crippen LogP contribution in [0.25, 0.3) is 0 Å². The van der Waals surface area contributed by atoms with Crippen LogP contribution in [0.1, 0.15) is 33.6 Å². The third kappa shape index (κ3) is 4.73. The van der Waals surface area contributed by atoms with Gasteiger partial charge in [0.1, 0.15) is 6.04 Å². The fourth-order valence-corrected chi connectivity index (χ4v) is 1.82. The van der Waals surface area contributed by atoms with Crippen molar-refractivity contribution < 1.29 is 23.9 Å². The minimum absolute atomic E-state index is 0.260. The molecule has 22 heavy (non-hydrogen) atoms. The van der Waals surface area contributed by atoms with Gasteiger partial charge in [-0.05, 0) is 31.0 Å². The highest BCUT2D eigenvalue weighted by Crippen LogP contribution is 2.08. The van der Waals surface area contributed by atoms with Gasteiger partial charge in [-0.25, -0.2) is 9.59 Å². The molecule has 1 rings (SSSR count). The van der Waals surface area contributed by atoms with Gasteiger partial charge in [-0.3, -0.25) is 4.79 Å². The highest BCUT2D eigenvalue weighted by molar-refractivity contribution is 5.99. The quantitative estimate of drug-likeness (QED) is 0.612. The molecule has 1 amide bonds. The molecule has 6 nitrogen and oxygen atoms in total. The first kappa shape index (κ1) is 17.4. The summed E-state index contributed by atoms with van der Waals surface area (Å²) in [5, 5.41) is 2.59. The van der Waals surface area contributed by atoms with Gasteiger partial charge in [0, 0.05) is 5.56 Å². The number of hydrogen-bond acceptors (Lipinski definition) is 5. The Hall–Kier alpha value is -2.63. The van der Waals surface area contributed by atoms with Crippen molar-refractivity contribution in [3.8, 4) is 0 Å². The molecule has 0 aliphatic carbocycles. The smallest absolute Gasteiger partial charge is 0.337 e. The van der Waals surface area contributed by atoms with Crippen LogP contribution in [-0.4, -0.2) is 38.1 Å². The molecule has 0 aromatic heterocycles. The SMILES string of the molecule is C=CCC[C@H](NC(=O)c1cccc(C(=O)OC)c1)C(=O)OC. The fourth-order valence-electron chi connectivity index (χ4n) is 1.82. The van der Waals surface area contributed by atoms with E-state index in [9.17, 15) is 14.4 Å². The van der Waals surface area contributed by atoms with Crippen molar-refractivity contribution in [2.24, 2.45) is 0 Å². The molecule has 6 heteroatoms. The first-order valence-corrected chi connectivity index (χ1v) is 6.71. The number of amides is 1. The Labute approximate surface area is 129 Å². The van der Waals surface area contributed by atoms with Crippen molar-refractivity contribution in [1.82, 2.24) is 5.32 Å². The monoisotopic (exact) mass is 305 g/mol. The standard InChI is InChI=1S/C16H19NO5/c1-4-5-9-13(16(20)22-3)17-14(18)11-7-6-8-12(10-11)15(19)21-2/h4,6-8,10,13H,1,5,9H2,2-3H3,(H,17,18)/t13-/m0/s1. The molecule has 118 valence electrons. The van der Waals surface area contributed by atoms with Crippen LogP contribution in [0, 0.1) is 0 Å². The van der Waals surface area contributed by atoms with Crippen molar-refractivity contribution in [3.63, 3.8) is 0 Å². The largest absolute Gasteiger partial charge is 0.467 e. The summed E-state index contributed by atoms with van der Waals surface area (Å²) >= 11 is 0. The number of nitrogens with one attached hydrogen (secondary N) is 1. The molecule has 0 bridgehead atoms. The number of esters is 2. The van der Waals surface area contributed by atoms with Gasteiger partial charge in [-0.2, -0.15) is 0 Å². The van der Waals surface area contributed by atoms with Crippen LogP contribution in [0.15, 0.2) is 36.9 Å². The van der Waals surface area contributed by atoms with Crippen LogP contribution in [0.5, 0.6) is 0 Å². The Bertz CT molecular complexity index is 567. The normalized spacial score (nSPS) is 11.2.